The third kappa shape index (κ3) is 3.34. The first-order chi connectivity index (χ1) is 12.8. The van der Waals surface area contributed by atoms with Crippen LogP contribution in [0.4, 0.5) is 4.79 Å². The highest BCUT2D eigenvalue weighted by molar-refractivity contribution is 7.90. The highest BCUT2D eigenvalue weighted by Crippen LogP contribution is 2.44. The number of amides is 2. The summed E-state index contributed by atoms with van der Waals surface area (Å²) in [6.45, 7) is 3.80. The second-order valence-corrected chi connectivity index (χ2v) is 9.26. The lowest BCUT2D eigenvalue weighted by Gasteiger charge is -2.35. The average molecular weight is 388 g/mol. The quantitative estimate of drug-likeness (QED) is 0.829. The number of hydrogen-bond donors (Lipinski definition) is 2. The molecule has 2 amide bonds. The molecule has 1 aromatic heterocycles. The van der Waals surface area contributed by atoms with Gasteiger partial charge in [0.2, 0.25) is 0 Å². The lowest BCUT2D eigenvalue weighted by atomic mass is 9.76. The summed E-state index contributed by atoms with van der Waals surface area (Å²) in [6, 6.07) is 0.610. The van der Waals surface area contributed by atoms with Crippen molar-refractivity contribution in [3.8, 4) is 0 Å². The van der Waals surface area contributed by atoms with Crippen LogP contribution in [0, 0.1) is 11.8 Å². The van der Waals surface area contributed by atoms with Gasteiger partial charge < -0.3 is 5.32 Å². The number of carbonyl (C=O) groups is 1. The third-order valence-electron chi connectivity index (χ3n) is 5.53. The van der Waals surface area contributed by atoms with Crippen LogP contribution in [-0.2, 0) is 10.0 Å². The molecule has 8 heteroatoms. The maximum atomic E-state index is 12.5. The van der Waals surface area contributed by atoms with Crippen LogP contribution in [0.1, 0.15) is 39.2 Å². The first-order valence-corrected chi connectivity index (χ1v) is 10.8. The summed E-state index contributed by atoms with van der Waals surface area (Å²) in [5, 5.41) is 6.81. The van der Waals surface area contributed by atoms with Crippen LogP contribution < -0.4 is 10.0 Å². The zero-order chi connectivity index (χ0) is 19.2. The minimum Gasteiger partial charge on any atom is -0.333 e. The van der Waals surface area contributed by atoms with Crippen molar-refractivity contribution in [3.63, 3.8) is 0 Å². The fraction of sp³-hybridized carbons (Fsp3) is 0.474. The second kappa shape index (κ2) is 6.67. The van der Waals surface area contributed by atoms with Gasteiger partial charge in [-0.15, -0.1) is 0 Å². The van der Waals surface area contributed by atoms with Crippen molar-refractivity contribution in [2.75, 3.05) is 0 Å². The van der Waals surface area contributed by atoms with E-state index in [2.05, 4.69) is 33.4 Å². The molecule has 0 saturated heterocycles. The van der Waals surface area contributed by atoms with Gasteiger partial charge in [-0.1, -0.05) is 29.9 Å². The number of hydrogen-bond acceptors (Lipinski definition) is 4. The summed E-state index contributed by atoms with van der Waals surface area (Å²) in [5.41, 5.74) is 2.54. The Labute approximate surface area is 159 Å². The Kier molecular flexibility index (Phi) is 4.46. The second-order valence-electron chi connectivity index (χ2n) is 7.63. The normalized spacial score (nSPS) is 26.4. The molecule has 27 heavy (non-hydrogen) atoms. The van der Waals surface area contributed by atoms with Crippen LogP contribution in [0.5, 0.6) is 0 Å². The van der Waals surface area contributed by atoms with Gasteiger partial charge >= 0.3 is 6.03 Å². The van der Waals surface area contributed by atoms with E-state index in [9.17, 15) is 13.2 Å². The molecule has 1 fully saturated rings. The Hall–Kier alpha value is -2.35. The minimum absolute atomic E-state index is 0.0388. The molecule has 0 radical (unpaired) electrons. The number of urea groups is 1. The lowest BCUT2D eigenvalue weighted by molar-refractivity contribution is 0.233. The molecule has 7 nitrogen and oxygen atoms in total. The third-order valence-corrected chi connectivity index (χ3v) is 6.76. The molecule has 0 aliphatic heterocycles. The number of fused-ring (bicyclic) bond motifs is 2. The van der Waals surface area contributed by atoms with Gasteiger partial charge in [0.15, 0.2) is 5.03 Å². The number of nitrogens with one attached hydrogen (secondary N) is 2. The Morgan fingerprint density at radius 1 is 1.37 bits per heavy atom. The van der Waals surface area contributed by atoms with Gasteiger partial charge in [-0.05, 0) is 44.7 Å². The number of rotatable bonds is 4. The summed E-state index contributed by atoms with van der Waals surface area (Å²) < 4.78 is 28.6. The van der Waals surface area contributed by atoms with Crippen molar-refractivity contribution in [2.24, 2.45) is 11.8 Å². The zero-order valence-electron chi connectivity index (χ0n) is 15.4. The Bertz CT molecular complexity index is 955. The molecular weight excluding hydrogens is 364 g/mol. The molecule has 3 aliphatic rings. The number of allylic oxidation sites excluding steroid dienone is 3. The molecular formula is C19H24N4O3S. The van der Waals surface area contributed by atoms with Crippen LogP contribution in [0.2, 0.25) is 0 Å². The standard InChI is InChI=1S/C19H24N4O3S/c1-12(2)23-10-9-17(21-23)27(25,26)22-19(24)20-18-15-7-3-5-13(15)11-14-6-4-8-16(14)18/h3,5,7,9-12,15-16,18H,4,6,8H2,1-2H3,(H2,20,22,24). The molecule has 1 heterocycles. The van der Waals surface area contributed by atoms with Gasteiger partial charge in [0.1, 0.15) is 0 Å². The van der Waals surface area contributed by atoms with Gasteiger partial charge in [-0.3, -0.25) is 4.68 Å². The molecule has 3 unspecified atom stereocenters. The first-order valence-electron chi connectivity index (χ1n) is 9.32. The maximum Gasteiger partial charge on any atom is 0.329 e. The summed E-state index contributed by atoms with van der Waals surface area (Å²) in [5.74, 6) is 0.369. The van der Waals surface area contributed by atoms with E-state index in [1.807, 2.05) is 19.9 Å². The SMILES string of the molecule is CC(C)n1ccc(S(=O)(=O)NC(=O)NC2C3C=CC=C3C=C3CCCC32)n1. The van der Waals surface area contributed by atoms with E-state index in [0.717, 1.165) is 19.3 Å². The highest BCUT2D eigenvalue weighted by atomic mass is 32.2. The van der Waals surface area contributed by atoms with Crippen molar-refractivity contribution in [1.29, 1.82) is 0 Å². The minimum atomic E-state index is -4.01. The van der Waals surface area contributed by atoms with E-state index in [1.165, 1.54) is 17.2 Å². The monoisotopic (exact) mass is 388 g/mol. The predicted octanol–water partition coefficient (Wildman–Crippen LogP) is 2.67. The van der Waals surface area contributed by atoms with Gasteiger partial charge in [-0.25, -0.2) is 9.52 Å². The van der Waals surface area contributed by atoms with E-state index in [4.69, 9.17) is 0 Å². The Morgan fingerprint density at radius 3 is 2.93 bits per heavy atom. The lowest BCUT2D eigenvalue weighted by Crippen LogP contribution is -2.51. The zero-order valence-corrected chi connectivity index (χ0v) is 16.2. The van der Waals surface area contributed by atoms with Crippen molar-refractivity contribution in [2.45, 2.75) is 50.2 Å². The van der Waals surface area contributed by atoms with Crippen molar-refractivity contribution in [1.82, 2.24) is 19.8 Å². The summed E-state index contributed by atoms with van der Waals surface area (Å²) in [7, 11) is -4.01. The Balaban J connectivity index is 1.49. The average Bonchev–Trinajstić information content (AvgIpc) is 3.34. The van der Waals surface area contributed by atoms with Crippen LogP contribution >= 0.6 is 0 Å². The maximum absolute atomic E-state index is 12.5. The largest absolute Gasteiger partial charge is 0.333 e. The van der Waals surface area contributed by atoms with Crippen LogP contribution in [0.3, 0.4) is 0 Å². The number of nitrogens with zero attached hydrogens (tertiary/aromatic N) is 2. The van der Waals surface area contributed by atoms with Gasteiger partial charge in [0, 0.05) is 30.1 Å². The Morgan fingerprint density at radius 2 is 2.19 bits per heavy atom. The predicted molar refractivity (Wildman–Crippen MR) is 101 cm³/mol. The summed E-state index contributed by atoms with van der Waals surface area (Å²) >= 11 is 0. The van der Waals surface area contributed by atoms with E-state index in [-0.39, 0.29) is 28.9 Å². The number of carbonyl (C=O) groups excluding carboxylic acids is 1. The van der Waals surface area contributed by atoms with Crippen LogP contribution in [-0.4, -0.2) is 30.3 Å². The molecule has 1 aromatic rings. The van der Waals surface area contributed by atoms with Gasteiger partial charge in [0.05, 0.1) is 0 Å². The van der Waals surface area contributed by atoms with Crippen molar-refractivity contribution < 1.29 is 13.2 Å². The number of aromatic nitrogens is 2. The molecule has 144 valence electrons. The molecule has 1 saturated carbocycles. The smallest absolute Gasteiger partial charge is 0.329 e. The van der Waals surface area contributed by atoms with E-state index < -0.39 is 16.1 Å². The van der Waals surface area contributed by atoms with E-state index in [1.54, 1.807) is 10.9 Å². The van der Waals surface area contributed by atoms with E-state index in [0.29, 0.717) is 0 Å². The topological polar surface area (TPSA) is 93.1 Å². The molecule has 0 bridgehead atoms. The molecule has 4 rings (SSSR count). The van der Waals surface area contributed by atoms with Crippen molar-refractivity contribution >= 4 is 16.1 Å². The molecule has 3 atom stereocenters. The van der Waals surface area contributed by atoms with E-state index >= 15 is 0 Å². The fourth-order valence-electron chi connectivity index (χ4n) is 4.23. The van der Waals surface area contributed by atoms with Crippen molar-refractivity contribution in [3.05, 3.63) is 47.7 Å². The first kappa shape index (κ1) is 18.0. The molecule has 0 spiro atoms. The highest BCUT2D eigenvalue weighted by Gasteiger charge is 2.40. The number of sulfonamides is 1. The molecule has 2 N–H and O–H groups in total. The molecule has 3 aliphatic carbocycles. The summed E-state index contributed by atoms with van der Waals surface area (Å²) in [6.07, 6.45) is 13.1. The fourth-order valence-corrected chi connectivity index (χ4v) is 5.08. The van der Waals surface area contributed by atoms with Crippen LogP contribution in [0.25, 0.3) is 0 Å². The van der Waals surface area contributed by atoms with Gasteiger partial charge in [0.25, 0.3) is 10.0 Å². The molecule has 0 aromatic carbocycles. The van der Waals surface area contributed by atoms with Crippen LogP contribution in [0.15, 0.2) is 52.7 Å². The van der Waals surface area contributed by atoms with Gasteiger partial charge in [-0.2, -0.15) is 13.5 Å². The summed E-state index contributed by atoms with van der Waals surface area (Å²) in [4.78, 5) is 12.5.